The van der Waals surface area contributed by atoms with E-state index in [0.29, 0.717) is 23.0 Å². The van der Waals surface area contributed by atoms with E-state index in [0.717, 1.165) is 12.0 Å². The summed E-state index contributed by atoms with van der Waals surface area (Å²) in [6.45, 7) is 2.33. The van der Waals surface area contributed by atoms with Gasteiger partial charge in [0, 0.05) is 18.5 Å². The molecule has 1 aromatic rings. The Bertz CT molecular complexity index is 634. The number of carboxylic acids is 1. The third kappa shape index (κ3) is 2.59. The number of likely N-dealkylation sites (tertiary alicyclic amines) is 1. The summed E-state index contributed by atoms with van der Waals surface area (Å²) >= 11 is 12.2. The molecule has 0 spiro atoms. The van der Waals surface area contributed by atoms with Crippen molar-refractivity contribution < 1.29 is 14.7 Å². The second-order valence-corrected chi connectivity index (χ2v) is 6.88. The molecule has 1 aliphatic heterocycles. The van der Waals surface area contributed by atoms with E-state index in [4.69, 9.17) is 28.3 Å². The Balaban J connectivity index is 1.71. The first-order chi connectivity index (χ1) is 10.4. The first-order valence-corrected chi connectivity index (χ1v) is 8.14. The minimum absolute atomic E-state index is 0.0392. The molecule has 0 bridgehead atoms. The molecule has 0 aromatic heterocycles. The van der Waals surface area contributed by atoms with Crippen LogP contribution in [0, 0.1) is 11.8 Å². The summed E-state index contributed by atoms with van der Waals surface area (Å²) in [6.07, 6.45) is 1.28. The van der Waals surface area contributed by atoms with Crippen LogP contribution in [0.25, 0.3) is 0 Å². The second kappa shape index (κ2) is 5.74. The average Bonchev–Trinajstić information content (AvgIpc) is 3.16. The van der Waals surface area contributed by atoms with E-state index in [1.54, 1.807) is 11.0 Å². The summed E-state index contributed by atoms with van der Waals surface area (Å²) in [6, 6.07) is 5.22. The standard InChI is InChI=1S/C16H17Cl2NO3/c1-8-9(16(21)22)5-6-19(8)15(20)12-7-11(12)10-3-2-4-13(17)14(10)18/h2-4,8-9,11-12H,5-7H2,1H3,(H,21,22). The topological polar surface area (TPSA) is 57.6 Å². The van der Waals surface area contributed by atoms with Crippen LogP contribution in [0.4, 0.5) is 0 Å². The first-order valence-electron chi connectivity index (χ1n) is 7.39. The number of rotatable bonds is 3. The number of carbonyl (C=O) groups is 2. The number of hydrogen-bond donors (Lipinski definition) is 1. The minimum Gasteiger partial charge on any atom is -0.481 e. The summed E-state index contributed by atoms with van der Waals surface area (Å²) in [5.74, 6) is -1.26. The van der Waals surface area contributed by atoms with Crippen LogP contribution >= 0.6 is 23.2 Å². The van der Waals surface area contributed by atoms with Gasteiger partial charge < -0.3 is 10.0 Å². The SMILES string of the molecule is CC1C(C(=O)O)CCN1C(=O)C1CC1c1cccc(Cl)c1Cl. The van der Waals surface area contributed by atoms with Gasteiger partial charge >= 0.3 is 5.97 Å². The molecule has 4 atom stereocenters. The summed E-state index contributed by atoms with van der Waals surface area (Å²) in [4.78, 5) is 25.5. The quantitative estimate of drug-likeness (QED) is 0.916. The fourth-order valence-corrected chi connectivity index (χ4v) is 3.86. The molecular weight excluding hydrogens is 325 g/mol. The van der Waals surface area contributed by atoms with Crippen molar-refractivity contribution in [2.45, 2.75) is 31.7 Å². The third-order valence-corrected chi connectivity index (χ3v) is 5.68. The van der Waals surface area contributed by atoms with Crippen LogP contribution in [-0.2, 0) is 9.59 Å². The van der Waals surface area contributed by atoms with Crippen molar-refractivity contribution >= 4 is 35.1 Å². The number of nitrogens with zero attached hydrogens (tertiary/aromatic N) is 1. The molecule has 4 unspecified atom stereocenters. The molecular formula is C16H17Cl2NO3. The van der Waals surface area contributed by atoms with Crippen molar-refractivity contribution in [3.05, 3.63) is 33.8 Å². The monoisotopic (exact) mass is 341 g/mol. The highest BCUT2D eigenvalue weighted by Gasteiger charge is 2.49. The first kappa shape index (κ1) is 15.6. The third-order valence-electron chi connectivity index (χ3n) is 4.84. The van der Waals surface area contributed by atoms with Gasteiger partial charge in [-0.1, -0.05) is 35.3 Å². The molecule has 3 rings (SSSR count). The van der Waals surface area contributed by atoms with Gasteiger partial charge in [0.05, 0.1) is 16.0 Å². The number of hydrogen-bond acceptors (Lipinski definition) is 2. The lowest BCUT2D eigenvalue weighted by Crippen LogP contribution is -2.38. The van der Waals surface area contributed by atoms with Crippen molar-refractivity contribution in [1.29, 1.82) is 0 Å². The fraction of sp³-hybridized carbons (Fsp3) is 0.500. The van der Waals surface area contributed by atoms with E-state index in [2.05, 4.69) is 0 Å². The number of aliphatic carboxylic acids is 1. The molecule has 1 saturated heterocycles. The minimum atomic E-state index is -0.826. The van der Waals surface area contributed by atoms with Gasteiger partial charge in [0.25, 0.3) is 0 Å². The fourth-order valence-electron chi connectivity index (χ4n) is 3.41. The second-order valence-electron chi connectivity index (χ2n) is 6.10. The Morgan fingerprint density at radius 1 is 1.27 bits per heavy atom. The lowest BCUT2D eigenvalue weighted by Gasteiger charge is -2.23. The Morgan fingerprint density at radius 3 is 2.64 bits per heavy atom. The predicted molar refractivity (Wildman–Crippen MR) is 84.2 cm³/mol. The lowest BCUT2D eigenvalue weighted by molar-refractivity contribution is -0.143. The van der Waals surface area contributed by atoms with Crippen LogP contribution in [0.15, 0.2) is 18.2 Å². The largest absolute Gasteiger partial charge is 0.481 e. The van der Waals surface area contributed by atoms with Crippen LogP contribution in [0.5, 0.6) is 0 Å². The maximum Gasteiger partial charge on any atom is 0.308 e. The van der Waals surface area contributed by atoms with Crippen LogP contribution in [0.1, 0.15) is 31.2 Å². The normalized spacial score (nSPS) is 30.4. The maximum absolute atomic E-state index is 12.6. The Kier molecular flexibility index (Phi) is 4.08. The smallest absolute Gasteiger partial charge is 0.308 e. The van der Waals surface area contributed by atoms with Gasteiger partial charge in [-0.05, 0) is 37.3 Å². The molecule has 1 heterocycles. The highest BCUT2D eigenvalue weighted by atomic mass is 35.5. The lowest BCUT2D eigenvalue weighted by atomic mass is 10.0. The van der Waals surface area contributed by atoms with Crippen LogP contribution in [0.2, 0.25) is 10.0 Å². The highest BCUT2D eigenvalue weighted by molar-refractivity contribution is 6.42. The van der Waals surface area contributed by atoms with Gasteiger partial charge in [-0.2, -0.15) is 0 Å². The Hall–Kier alpha value is -1.26. The summed E-state index contributed by atoms with van der Waals surface area (Å²) < 4.78 is 0. The van der Waals surface area contributed by atoms with Gasteiger partial charge in [-0.3, -0.25) is 9.59 Å². The van der Waals surface area contributed by atoms with Crippen molar-refractivity contribution in [1.82, 2.24) is 4.90 Å². The van der Waals surface area contributed by atoms with Gasteiger partial charge in [-0.15, -0.1) is 0 Å². The molecule has 2 fully saturated rings. The van der Waals surface area contributed by atoms with Crippen molar-refractivity contribution in [3.63, 3.8) is 0 Å². The summed E-state index contributed by atoms with van der Waals surface area (Å²) in [5.41, 5.74) is 0.911. The maximum atomic E-state index is 12.6. The number of halogens is 2. The molecule has 1 saturated carbocycles. The highest BCUT2D eigenvalue weighted by Crippen LogP contribution is 2.52. The van der Waals surface area contributed by atoms with Crippen LogP contribution in [-0.4, -0.2) is 34.5 Å². The van der Waals surface area contributed by atoms with Crippen LogP contribution < -0.4 is 0 Å². The zero-order valence-corrected chi connectivity index (χ0v) is 13.6. The predicted octanol–water partition coefficient (Wildman–Crippen LogP) is 3.42. The zero-order chi connectivity index (χ0) is 16.0. The molecule has 1 N–H and O–H groups in total. The Labute approximate surface area is 139 Å². The molecule has 6 heteroatoms. The molecule has 22 heavy (non-hydrogen) atoms. The van der Waals surface area contributed by atoms with E-state index >= 15 is 0 Å². The van der Waals surface area contributed by atoms with E-state index in [9.17, 15) is 9.59 Å². The van der Waals surface area contributed by atoms with E-state index in [1.807, 2.05) is 19.1 Å². The number of carbonyl (C=O) groups excluding carboxylic acids is 1. The molecule has 1 aromatic carbocycles. The summed E-state index contributed by atoms with van der Waals surface area (Å²) in [7, 11) is 0. The molecule has 4 nitrogen and oxygen atoms in total. The zero-order valence-electron chi connectivity index (χ0n) is 12.1. The van der Waals surface area contributed by atoms with Crippen molar-refractivity contribution in [2.75, 3.05) is 6.54 Å². The summed E-state index contributed by atoms with van der Waals surface area (Å²) in [5, 5.41) is 10.2. The number of benzene rings is 1. The molecule has 0 radical (unpaired) electrons. The van der Waals surface area contributed by atoms with Crippen LogP contribution in [0.3, 0.4) is 0 Å². The molecule has 1 amide bonds. The average molecular weight is 342 g/mol. The number of amides is 1. The van der Waals surface area contributed by atoms with Gasteiger partial charge in [0.15, 0.2) is 0 Å². The van der Waals surface area contributed by atoms with Crippen molar-refractivity contribution in [3.8, 4) is 0 Å². The van der Waals surface area contributed by atoms with Gasteiger partial charge in [-0.25, -0.2) is 0 Å². The molecule has 118 valence electrons. The van der Waals surface area contributed by atoms with E-state index in [1.165, 1.54) is 0 Å². The number of carboxylic acid groups (broad SMARTS) is 1. The molecule has 1 aliphatic carbocycles. The van der Waals surface area contributed by atoms with E-state index in [-0.39, 0.29) is 23.8 Å². The van der Waals surface area contributed by atoms with Gasteiger partial charge in [0.1, 0.15) is 0 Å². The van der Waals surface area contributed by atoms with E-state index < -0.39 is 11.9 Å². The van der Waals surface area contributed by atoms with Gasteiger partial charge in [0.2, 0.25) is 5.91 Å². The van der Waals surface area contributed by atoms with Crippen molar-refractivity contribution in [2.24, 2.45) is 11.8 Å². The molecule has 2 aliphatic rings. The Morgan fingerprint density at radius 2 is 2.00 bits per heavy atom.